The van der Waals surface area contributed by atoms with Crippen molar-refractivity contribution < 1.29 is 18.8 Å². The van der Waals surface area contributed by atoms with Gasteiger partial charge in [-0.15, -0.1) is 0 Å². The highest BCUT2D eigenvalue weighted by Gasteiger charge is 2.15. The summed E-state index contributed by atoms with van der Waals surface area (Å²) in [6.07, 6.45) is 1.63. The Bertz CT molecular complexity index is 1320. The van der Waals surface area contributed by atoms with Crippen LogP contribution >= 0.6 is 0 Å². The van der Waals surface area contributed by atoms with Gasteiger partial charge < -0.3 is 14.0 Å². The van der Waals surface area contributed by atoms with Gasteiger partial charge in [-0.1, -0.05) is 5.16 Å². The topological polar surface area (TPSA) is 116 Å². The summed E-state index contributed by atoms with van der Waals surface area (Å²) in [5, 5.41) is 18.6. The second-order valence-electron chi connectivity index (χ2n) is 7.29. The maximum atomic E-state index is 11.8. The number of rotatable bonds is 7. The third-order valence-corrected chi connectivity index (χ3v) is 4.62. The lowest BCUT2D eigenvalue weighted by Crippen LogP contribution is -2.14. The van der Waals surface area contributed by atoms with Crippen molar-refractivity contribution in [1.82, 2.24) is 19.9 Å². The van der Waals surface area contributed by atoms with Crippen LogP contribution in [0.15, 0.2) is 47.1 Å². The number of esters is 1. The molecular formula is C23H21N5O4. The fourth-order valence-corrected chi connectivity index (χ4v) is 3.25. The summed E-state index contributed by atoms with van der Waals surface area (Å²) >= 11 is 0. The number of hydrogen-bond acceptors (Lipinski definition) is 8. The van der Waals surface area contributed by atoms with E-state index >= 15 is 0 Å². The molecule has 0 saturated heterocycles. The van der Waals surface area contributed by atoms with E-state index in [-0.39, 0.29) is 18.6 Å². The lowest BCUT2D eigenvalue weighted by Gasteiger charge is -2.11. The Kier molecular flexibility index (Phi) is 5.85. The molecule has 0 spiro atoms. The number of nitrogens with zero attached hydrogens (tertiary/aromatic N) is 5. The molecule has 4 aromatic rings. The first kappa shape index (κ1) is 21.1. The molecule has 0 saturated carbocycles. The molecular weight excluding hydrogens is 410 g/mol. The molecule has 2 heterocycles. The van der Waals surface area contributed by atoms with Crippen molar-refractivity contribution in [3.8, 4) is 34.7 Å². The number of hydrogen-bond donors (Lipinski definition) is 0. The first-order valence-corrected chi connectivity index (χ1v) is 10.1. The normalized spacial score (nSPS) is 11.0. The van der Waals surface area contributed by atoms with E-state index in [0.29, 0.717) is 35.2 Å². The number of carbonyl (C=O) groups is 1. The molecule has 9 nitrogen and oxygen atoms in total. The van der Waals surface area contributed by atoms with Crippen LogP contribution in [0.3, 0.4) is 0 Å². The van der Waals surface area contributed by atoms with Crippen LogP contribution in [-0.4, -0.2) is 38.6 Å². The van der Waals surface area contributed by atoms with Gasteiger partial charge in [0.25, 0.3) is 5.89 Å². The van der Waals surface area contributed by atoms with E-state index in [9.17, 15) is 10.1 Å². The van der Waals surface area contributed by atoms with Gasteiger partial charge in [-0.05, 0) is 57.2 Å². The summed E-state index contributed by atoms with van der Waals surface area (Å²) in [6.45, 7) is 5.93. The molecule has 0 unspecified atom stereocenters. The van der Waals surface area contributed by atoms with Crippen LogP contribution in [0.5, 0.6) is 5.75 Å². The second kappa shape index (κ2) is 8.89. The van der Waals surface area contributed by atoms with E-state index < -0.39 is 0 Å². The molecule has 2 aromatic carbocycles. The Labute approximate surface area is 184 Å². The quantitative estimate of drug-likeness (QED) is 0.404. The average Bonchev–Trinajstić information content (AvgIpc) is 3.41. The van der Waals surface area contributed by atoms with Crippen molar-refractivity contribution in [2.45, 2.75) is 33.4 Å². The Hall–Kier alpha value is -4.19. The molecule has 162 valence electrons. The van der Waals surface area contributed by atoms with E-state index in [4.69, 9.17) is 14.0 Å². The Morgan fingerprint density at radius 1 is 1.22 bits per heavy atom. The smallest absolute Gasteiger partial charge is 0.327 e. The van der Waals surface area contributed by atoms with Crippen LogP contribution < -0.4 is 4.74 Å². The van der Waals surface area contributed by atoms with Gasteiger partial charge in [-0.25, -0.2) is 0 Å². The van der Waals surface area contributed by atoms with E-state index in [1.807, 2.05) is 32.0 Å². The standard InChI is InChI=1S/C23H21N5O4/c1-4-30-21(29)13-28-19-7-5-15(9-18(19)12-25-28)22-26-23(32-27-22)16-6-8-20(31-14(2)3)17(10-16)11-24/h5-10,12,14H,4,13H2,1-3H3. The van der Waals surface area contributed by atoms with E-state index in [1.165, 1.54) is 0 Å². The van der Waals surface area contributed by atoms with Crippen molar-refractivity contribution in [1.29, 1.82) is 5.26 Å². The van der Waals surface area contributed by atoms with Crippen molar-refractivity contribution in [2.75, 3.05) is 6.61 Å². The molecule has 9 heteroatoms. The van der Waals surface area contributed by atoms with E-state index in [0.717, 1.165) is 16.5 Å². The average molecular weight is 431 g/mol. The highest BCUT2D eigenvalue weighted by atomic mass is 16.5. The first-order chi connectivity index (χ1) is 15.5. The molecule has 0 aliphatic rings. The largest absolute Gasteiger partial charge is 0.490 e. The van der Waals surface area contributed by atoms with Crippen molar-refractivity contribution in [3.05, 3.63) is 48.2 Å². The van der Waals surface area contributed by atoms with Crippen LogP contribution in [-0.2, 0) is 16.1 Å². The molecule has 0 amide bonds. The van der Waals surface area contributed by atoms with Gasteiger partial charge in [-0.2, -0.15) is 15.3 Å². The molecule has 4 rings (SSSR count). The maximum absolute atomic E-state index is 11.8. The van der Waals surface area contributed by atoms with Crippen LogP contribution in [0.2, 0.25) is 0 Å². The fourth-order valence-electron chi connectivity index (χ4n) is 3.25. The van der Waals surface area contributed by atoms with Crippen molar-refractivity contribution >= 4 is 16.9 Å². The summed E-state index contributed by atoms with van der Waals surface area (Å²) < 4.78 is 17.7. The zero-order valence-corrected chi connectivity index (χ0v) is 17.9. The predicted molar refractivity (Wildman–Crippen MR) is 116 cm³/mol. The van der Waals surface area contributed by atoms with E-state index in [2.05, 4.69) is 21.3 Å². The van der Waals surface area contributed by atoms with Gasteiger partial charge >= 0.3 is 5.97 Å². The van der Waals surface area contributed by atoms with Crippen LogP contribution in [0.25, 0.3) is 33.7 Å². The summed E-state index contributed by atoms with van der Waals surface area (Å²) in [4.78, 5) is 16.2. The van der Waals surface area contributed by atoms with Gasteiger partial charge in [0.1, 0.15) is 18.4 Å². The van der Waals surface area contributed by atoms with Crippen LogP contribution in [0, 0.1) is 11.3 Å². The maximum Gasteiger partial charge on any atom is 0.327 e. The van der Waals surface area contributed by atoms with Crippen molar-refractivity contribution in [3.63, 3.8) is 0 Å². The Balaban J connectivity index is 1.60. The lowest BCUT2D eigenvalue weighted by molar-refractivity contribution is -0.143. The molecule has 0 atom stereocenters. The monoisotopic (exact) mass is 431 g/mol. The summed E-state index contributed by atoms with van der Waals surface area (Å²) in [7, 11) is 0. The molecule has 0 bridgehead atoms. The number of aromatic nitrogens is 4. The lowest BCUT2D eigenvalue weighted by atomic mass is 10.1. The molecule has 32 heavy (non-hydrogen) atoms. The number of nitriles is 1. The van der Waals surface area contributed by atoms with Gasteiger partial charge in [0.15, 0.2) is 0 Å². The SMILES string of the molecule is CCOC(=O)Cn1ncc2cc(-c3noc(-c4ccc(OC(C)C)c(C#N)c4)n3)ccc21. The summed E-state index contributed by atoms with van der Waals surface area (Å²) in [5.41, 5.74) is 2.56. The number of ether oxygens (including phenoxy) is 2. The van der Waals surface area contributed by atoms with Crippen LogP contribution in [0.4, 0.5) is 0 Å². The minimum atomic E-state index is -0.342. The Morgan fingerprint density at radius 3 is 2.78 bits per heavy atom. The summed E-state index contributed by atoms with van der Waals surface area (Å²) in [6, 6.07) is 12.9. The zero-order valence-electron chi connectivity index (χ0n) is 17.9. The zero-order chi connectivity index (χ0) is 22.7. The predicted octanol–water partition coefficient (Wildman–Crippen LogP) is 3.98. The number of benzene rings is 2. The van der Waals surface area contributed by atoms with Gasteiger partial charge in [0, 0.05) is 16.5 Å². The number of carbonyl (C=O) groups excluding carboxylic acids is 1. The minimum absolute atomic E-state index is 0.0421. The van der Waals surface area contributed by atoms with Gasteiger partial charge in [0.2, 0.25) is 5.82 Å². The second-order valence-corrected chi connectivity index (χ2v) is 7.29. The molecule has 2 aromatic heterocycles. The minimum Gasteiger partial charge on any atom is -0.490 e. The van der Waals surface area contributed by atoms with E-state index in [1.54, 1.807) is 36.0 Å². The molecule has 0 fully saturated rings. The highest BCUT2D eigenvalue weighted by molar-refractivity contribution is 5.84. The molecule has 0 N–H and O–H groups in total. The van der Waals surface area contributed by atoms with Crippen molar-refractivity contribution in [2.24, 2.45) is 0 Å². The molecule has 0 radical (unpaired) electrons. The third-order valence-electron chi connectivity index (χ3n) is 4.62. The summed E-state index contributed by atoms with van der Waals surface area (Å²) in [5.74, 6) is 0.869. The first-order valence-electron chi connectivity index (χ1n) is 10.1. The molecule has 0 aliphatic heterocycles. The third kappa shape index (κ3) is 4.30. The molecule has 0 aliphatic carbocycles. The Morgan fingerprint density at radius 2 is 2.03 bits per heavy atom. The van der Waals surface area contributed by atoms with Gasteiger partial charge in [0.05, 0.1) is 30.0 Å². The highest BCUT2D eigenvalue weighted by Crippen LogP contribution is 2.29. The number of fused-ring (bicyclic) bond motifs is 1. The fraction of sp³-hybridized carbons (Fsp3) is 0.261. The van der Waals surface area contributed by atoms with Gasteiger partial charge in [-0.3, -0.25) is 9.48 Å². The van der Waals surface area contributed by atoms with Crippen LogP contribution in [0.1, 0.15) is 26.3 Å².